The normalized spacial score (nSPS) is 44.9. The van der Waals surface area contributed by atoms with Gasteiger partial charge in [0.05, 0.1) is 24.5 Å². The van der Waals surface area contributed by atoms with Crippen molar-refractivity contribution in [2.75, 3.05) is 0 Å². The number of aliphatic hydroxyl groups excluding tert-OH is 2. The molecule has 3 aliphatic rings. The van der Waals surface area contributed by atoms with Crippen LogP contribution in [0.25, 0.3) is 0 Å². The molecule has 0 saturated carbocycles. The molecule has 6 nitrogen and oxygen atoms in total. The third kappa shape index (κ3) is 5.28. The molecule has 0 aromatic rings. The van der Waals surface area contributed by atoms with Crippen LogP contribution in [0.15, 0.2) is 23.8 Å². The van der Waals surface area contributed by atoms with Gasteiger partial charge in [-0.05, 0) is 36.6 Å². The number of cyclic esters (lactones) is 1. The molecule has 1 unspecified atom stereocenters. The molecule has 0 radical (unpaired) electrons. The zero-order valence-electron chi connectivity index (χ0n) is 25.3. The SMILES string of the molecule is [2H]C([2H])([2H])C([2H])([2H])C([2H])(C(=O)O[C@@H]1C[C@@H](O)C=C2C=C[C@@H](C)[C@H](CC[C@@H]3C[C@@H](O)CC(=O)O3)[C@@H]21)C([2H])([2H])[2H]. The van der Waals surface area contributed by atoms with Crippen LogP contribution in [0.2, 0.25) is 0 Å². The first-order chi connectivity index (χ1) is 17.3. The molecular formula is C23H34O6. The van der Waals surface area contributed by atoms with Crippen LogP contribution < -0.4 is 0 Å². The van der Waals surface area contributed by atoms with Gasteiger partial charge in [0.2, 0.25) is 0 Å². The van der Waals surface area contributed by atoms with E-state index in [2.05, 4.69) is 0 Å². The van der Waals surface area contributed by atoms with Gasteiger partial charge in [0.1, 0.15) is 12.2 Å². The number of carbonyl (C=O) groups excluding carboxylic acids is 2. The van der Waals surface area contributed by atoms with Crippen LogP contribution >= 0.6 is 0 Å². The van der Waals surface area contributed by atoms with Gasteiger partial charge >= 0.3 is 11.9 Å². The summed E-state index contributed by atoms with van der Waals surface area (Å²) >= 11 is 0. The first kappa shape index (κ1) is 12.9. The fourth-order valence-corrected chi connectivity index (χ4v) is 4.65. The molecule has 3 rings (SSSR count). The lowest BCUT2D eigenvalue weighted by atomic mass is 9.66. The maximum absolute atomic E-state index is 13.3. The predicted octanol–water partition coefficient (Wildman–Crippen LogP) is 2.92. The van der Waals surface area contributed by atoms with Crippen LogP contribution in [0, 0.1) is 23.6 Å². The lowest BCUT2D eigenvalue weighted by Gasteiger charge is -2.43. The number of esters is 2. The number of hydrogen-bond donors (Lipinski definition) is 2. The van der Waals surface area contributed by atoms with Crippen molar-refractivity contribution in [3.63, 3.8) is 0 Å². The van der Waals surface area contributed by atoms with Crippen LogP contribution in [0.5, 0.6) is 0 Å². The maximum Gasteiger partial charge on any atom is 0.308 e. The number of ether oxygens (including phenoxy) is 2. The van der Waals surface area contributed by atoms with Crippen molar-refractivity contribution in [1.82, 2.24) is 0 Å². The van der Waals surface area contributed by atoms with Crippen LogP contribution in [-0.4, -0.2) is 46.6 Å². The van der Waals surface area contributed by atoms with E-state index in [0.717, 1.165) is 0 Å². The van der Waals surface area contributed by atoms with Gasteiger partial charge in [0.25, 0.3) is 0 Å². The zero-order chi connectivity index (χ0) is 28.8. The van der Waals surface area contributed by atoms with E-state index in [0.29, 0.717) is 18.4 Å². The summed E-state index contributed by atoms with van der Waals surface area (Å²) in [5, 5.41) is 20.3. The Kier molecular flexibility index (Phi) is 4.20. The molecule has 6 heteroatoms. The van der Waals surface area contributed by atoms with Gasteiger partial charge in [0, 0.05) is 31.1 Å². The molecule has 1 fully saturated rings. The summed E-state index contributed by atoms with van der Waals surface area (Å²) in [6, 6.07) is 0. The Morgan fingerprint density at radius 3 is 3.00 bits per heavy atom. The molecular weight excluding hydrogens is 372 g/mol. The molecule has 1 saturated heterocycles. The third-order valence-corrected chi connectivity index (χ3v) is 6.02. The molecule has 0 aromatic carbocycles. The second-order valence-corrected chi connectivity index (χ2v) is 8.10. The Morgan fingerprint density at radius 1 is 1.45 bits per heavy atom. The standard InChI is InChI=1S/C23H34O6/c1-4-13(2)23(27)29-20-11-16(24)9-15-6-5-14(3)19(22(15)20)8-7-18-10-17(25)12-21(26)28-18/h5-6,9,13-14,16-20,22,24-25H,4,7-8,10-12H2,1-3H3/t13?,14-,16+,17-,18-,19+,20-,22-/m1/s1/i1D3,2D3,4D2,13D. The molecule has 8 atom stereocenters. The van der Waals surface area contributed by atoms with Crippen molar-refractivity contribution >= 4 is 11.9 Å². The van der Waals surface area contributed by atoms with Crippen LogP contribution in [0.4, 0.5) is 0 Å². The van der Waals surface area contributed by atoms with E-state index < -0.39 is 68.2 Å². The Balaban J connectivity index is 1.90. The molecule has 162 valence electrons. The van der Waals surface area contributed by atoms with Crippen molar-refractivity contribution in [2.45, 2.75) is 83.5 Å². The van der Waals surface area contributed by atoms with Crippen LogP contribution in [0.1, 0.15) is 71.4 Å². The average Bonchev–Trinajstić information content (AvgIpc) is 2.75. The van der Waals surface area contributed by atoms with E-state index >= 15 is 0 Å². The Hall–Kier alpha value is -1.66. The number of fused-ring (bicyclic) bond motifs is 1. The Bertz CT molecular complexity index is 975. The number of carbonyl (C=O) groups is 2. The van der Waals surface area contributed by atoms with Crippen molar-refractivity contribution in [1.29, 1.82) is 0 Å². The third-order valence-electron chi connectivity index (χ3n) is 6.02. The van der Waals surface area contributed by atoms with E-state index in [1.54, 1.807) is 12.2 Å². The van der Waals surface area contributed by atoms with E-state index in [4.69, 9.17) is 21.8 Å². The van der Waals surface area contributed by atoms with Crippen LogP contribution in [-0.2, 0) is 19.1 Å². The Morgan fingerprint density at radius 2 is 2.28 bits per heavy atom. The monoisotopic (exact) mass is 415 g/mol. The summed E-state index contributed by atoms with van der Waals surface area (Å²) < 4.78 is 80.6. The van der Waals surface area contributed by atoms with E-state index in [-0.39, 0.29) is 31.1 Å². The number of hydrogen-bond acceptors (Lipinski definition) is 6. The fourth-order valence-electron chi connectivity index (χ4n) is 4.65. The quantitative estimate of drug-likeness (QED) is 0.648. The second kappa shape index (κ2) is 9.43. The highest BCUT2D eigenvalue weighted by Gasteiger charge is 2.42. The zero-order valence-corrected chi connectivity index (χ0v) is 16.3. The van der Waals surface area contributed by atoms with Crippen molar-refractivity contribution in [3.05, 3.63) is 23.8 Å². The van der Waals surface area contributed by atoms with Crippen LogP contribution in [0.3, 0.4) is 0 Å². The van der Waals surface area contributed by atoms with Crippen molar-refractivity contribution in [3.8, 4) is 0 Å². The number of allylic oxidation sites excluding steroid dienone is 2. The van der Waals surface area contributed by atoms with E-state index in [9.17, 15) is 19.8 Å². The van der Waals surface area contributed by atoms with Gasteiger partial charge < -0.3 is 19.7 Å². The second-order valence-electron chi connectivity index (χ2n) is 8.10. The first-order valence-corrected chi connectivity index (χ1v) is 9.96. The fraction of sp³-hybridized carbons (Fsp3) is 0.739. The molecule has 0 bridgehead atoms. The summed E-state index contributed by atoms with van der Waals surface area (Å²) in [6.45, 7) is -5.39. The highest BCUT2D eigenvalue weighted by molar-refractivity contribution is 5.72. The molecule has 29 heavy (non-hydrogen) atoms. The van der Waals surface area contributed by atoms with E-state index in [1.807, 2.05) is 13.0 Å². The van der Waals surface area contributed by atoms with Gasteiger partial charge in [-0.25, -0.2) is 0 Å². The summed E-state index contributed by atoms with van der Waals surface area (Å²) in [5.74, 6) is -7.03. The summed E-state index contributed by atoms with van der Waals surface area (Å²) in [5.41, 5.74) is 0.605. The van der Waals surface area contributed by atoms with Gasteiger partial charge in [-0.2, -0.15) is 0 Å². The minimum absolute atomic E-state index is 0.0768. The molecule has 0 amide bonds. The average molecular weight is 416 g/mol. The topological polar surface area (TPSA) is 93.1 Å². The minimum Gasteiger partial charge on any atom is -0.462 e. The minimum atomic E-state index is -3.78. The van der Waals surface area contributed by atoms with Gasteiger partial charge in [-0.3, -0.25) is 9.59 Å². The number of rotatable bonds is 6. The molecule has 0 spiro atoms. The molecule has 1 aliphatic heterocycles. The molecule has 0 aromatic heterocycles. The summed E-state index contributed by atoms with van der Waals surface area (Å²) in [7, 11) is 0. The maximum atomic E-state index is 13.3. The molecule has 1 heterocycles. The molecule has 2 N–H and O–H groups in total. The van der Waals surface area contributed by atoms with Gasteiger partial charge in [0.15, 0.2) is 0 Å². The lowest BCUT2D eigenvalue weighted by Crippen LogP contribution is -2.43. The molecule has 2 aliphatic carbocycles. The van der Waals surface area contributed by atoms with E-state index in [1.165, 1.54) is 0 Å². The van der Waals surface area contributed by atoms with Gasteiger partial charge in [-0.1, -0.05) is 38.9 Å². The smallest absolute Gasteiger partial charge is 0.308 e. The van der Waals surface area contributed by atoms with Crippen molar-refractivity contribution < 1.29 is 41.6 Å². The summed E-state index contributed by atoms with van der Waals surface area (Å²) in [6.07, 6.45) is -1.27. The highest BCUT2D eigenvalue weighted by atomic mass is 16.6. The highest BCUT2D eigenvalue weighted by Crippen LogP contribution is 2.44. The summed E-state index contributed by atoms with van der Waals surface area (Å²) in [4.78, 5) is 25.0. The predicted molar refractivity (Wildman–Crippen MR) is 108 cm³/mol. The lowest BCUT2D eigenvalue weighted by molar-refractivity contribution is -0.162. The number of aliphatic hydroxyl groups is 2. The largest absolute Gasteiger partial charge is 0.462 e. The first-order valence-electron chi connectivity index (χ1n) is 14.5. The van der Waals surface area contributed by atoms with Gasteiger partial charge in [-0.15, -0.1) is 0 Å². The Labute approximate surface area is 185 Å². The van der Waals surface area contributed by atoms with Crippen molar-refractivity contribution in [2.24, 2.45) is 23.6 Å².